The summed E-state index contributed by atoms with van der Waals surface area (Å²) >= 11 is 9.52. The van der Waals surface area contributed by atoms with Gasteiger partial charge in [0.05, 0.1) is 24.4 Å². The molecule has 9 heteroatoms. The van der Waals surface area contributed by atoms with Crippen molar-refractivity contribution in [1.82, 2.24) is 19.8 Å². The van der Waals surface area contributed by atoms with E-state index in [9.17, 15) is 4.79 Å². The van der Waals surface area contributed by atoms with Crippen LogP contribution in [0.2, 0.25) is 0 Å². The van der Waals surface area contributed by atoms with Gasteiger partial charge in [-0.2, -0.15) is 5.26 Å². The number of hydrogen-bond donors (Lipinski definition) is 2. The quantitative estimate of drug-likeness (QED) is 0.130. The van der Waals surface area contributed by atoms with Gasteiger partial charge in [0.2, 0.25) is 5.91 Å². The van der Waals surface area contributed by atoms with E-state index in [1.165, 1.54) is 16.3 Å². The summed E-state index contributed by atoms with van der Waals surface area (Å²) in [6.07, 6.45) is 4.58. The van der Waals surface area contributed by atoms with E-state index in [-0.39, 0.29) is 24.3 Å². The number of nitrogens with zero attached hydrogens (tertiary/aromatic N) is 4. The monoisotopic (exact) mass is 692 g/mol. The number of thiocarbonyl (C=S) groups is 1. The number of carbonyl (C=O) groups excluding carboxylic acids is 1. The minimum absolute atomic E-state index is 0.0659. The number of fused-ring (bicyclic) bond motifs is 1. The van der Waals surface area contributed by atoms with Crippen LogP contribution in [0.4, 0.5) is 5.69 Å². The van der Waals surface area contributed by atoms with E-state index in [0.717, 1.165) is 27.8 Å². The zero-order chi connectivity index (χ0) is 32.5. The average Bonchev–Trinajstić information content (AvgIpc) is 3.50. The summed E-state index contributed by atoms with van der Waals surface area (Å²) in [7, 11) is 0. The van der Waals surface area contributed by atoms with Crippen molar-refractivity contribution in [2.75, 3.05) is 11.9 Å². The second-order valence-corrected chi connectivity index (χ2v) is 12.8. The van der Waals surface area contributed by atoms with E-state index < -0.39 is 0 Å². The number of aromatic nitrogens is 2. The lowest BCUT2D eigenvalue weighted by molar-refractivity contribution is -0.121. The number of benzene rings is 4. The SMILES string of the molecule is CC[C@H](C)[C@@H](CN(Cc1cccc2ccccc12)C(=S)Nc1ccc(Br)cc1)NC(=O)Cc1cncn1Cc1ccc(C#N)cc1. The molecule has 0 aliphatic carbocycles. The molecule has 2 N–H and O–H groups in total. The molecule has 0 unspecified atom stereocenters. The summed E-state index contributed by atoms with van der Waals surface area (Å²) in [5.41, 5.74) is 4.54. The van der Waals surface area contributed by atoms with Crippen LogP contribution in [0.3, 0.4) is 0 Å². The molecular weight excluding hydrogens is 656 g/mol. The first kappa shape index (κ1) is 32.9. The molecule has 4 aromatic carbocycles. The standard InChI is InChI=1S/C37H37BrN6OS/c1-3-26(2)35(42-36(45)19-33-21-40-25-44(33)22-28-13-11-27(20-39)12-14-28)24-43(37(46)41-32-17-15-31(38)16-18-32)23-30-9-6-8-29-7-4-5-10-34(29)30/h4-18,21,25-26,35H,3,19,22-24H2,1-2H3,(H,41,46)(H,42,45)/t26-,35+/m0/s1. The number of rotatable bonds is 12. The maximum absolute atomic E-state index is 13.6. The Balaban J connectivity index is 1.34. The number of carbonyl (C=O) groups is 1. The minimum Gasteiger partial charge on any atom is -0.351 e. The van der Waals surface area contributed by atoms with Gasteiger partial charge in [-0.25, -0.2) is 4.98 Å². The zero-order valence-electron chi connectivity index (χ0n) is 26.0. The Morgan fingerprint density at radius 1 is 1.04 bits per heavy atom. The first-order valence-corrected chi connectivity index (χ1v) is 16.6. The number of halogens is 1. The third-order valence-corrected chi connectivity index (χ3v) is 9.18. The van der Waals surface area contributed by atoms with Crippen LogP contribution in [-0.2, 0) is 24.3 Å². The van der Waals surface area contributed by atoms with E-state index in [1.807, 2.05) is 41.0 Å². The highest BCUT2D eigenvalue weighted by Crippen LogP contribution is 2.22. The number of anilines is 1. The van der Waals surface area contributed by atoms with Crippen molar-refractivity contribution in [2.45, 2.75) is 45.8 Å². The van der Waals surface area contributed by atoms with E-state index in [2.05, 4.69) is 98.8 Å². The Labute approximate surface area is 284 Å². The van der Waals surface area contributed by atoms with Crippen molar-refractivity contribution in [3.63, 3.8) is 0 Å². The van der Waals surface area contributed by atoms with Gasteiger partial charge in [-0.1, -0.05) is 90.8 Å². The van der Waals surface area contributed by atoms with Crippen LogP contribution >= 0.6 is 28.1 Å². The van der Waals surface area contributed by atoms with Crippen molar-refractivity contribution in [3.05, 3.63) is 130 Å². The topological polar surface area (TPSA) is 86.0 Å². The molecule has 0 spiro atoms. The molecule has 5 rings (SSSR count). The normalized spacial score (nSPS) is 12.2. The van der Waals surface area contributed by atoms with Crippen molar-refractivity contribution < 1.29 is 4.79 Å². The predicted octanol–water partition coefficient (Wildman–Crippen LogP) is 7.69. The van der Waals surface area contributed by atoms with Gasteiger partial charge in [0.1, 0.15) is 0 Å². The van der Waals surface area contributed by atoms with Gasteiger partial charge in [-0.3, -0.25) is 4.79 Å². The Morgan fingerprint density at radius 2 is 1.78 bits per heavy atom. The number of nitriles is 1. The Morgan fingerprint density at radius 3 is 2.52 bits per heavy atom. The second-order valence-electron chi connectivity index (χ2n) is 11.5. The molecule has 0 aliphatic rings. The van der Waals surface area contributed by atoms with Crippen molar-refractivity contribution in [1.29, 1.82) is 5.26 Å². The van der Waals surface area contributed by atoms with Crippen LogP contribution in [0, 0.1) is 17.2 Å². The van der Waals surface area contributed by atoms with Crippen LogP contribution in [0.5, 0.6) is 0 Å². The molecule has 0 radical (unpaired) electrons. The highest BCUT2D eigenvalue weighted by atomic mass is 79.9. The maximum atomic E-state index is 13.6. The van der Waals surface area contributed by atoms with Gasteiger partial charge in [-0.15, -0.1) is 0 Å². The third kappa shape index (κ3) is 8.59. The first-order valence-electron chi connectivity index (χ1n) is 15.4. The van der Waals surface area contributed by atoms with Crippen LogP contribution in [0.25, 0.3) is 10.8 Å². The molecule has 0 bridgehead atoms. The first-order chi connectivity index (χ1) is 22.3. The molecule has 46 heavy (non-hydrogen) atoms. The molecular formula is C37H37BrN6OS. The number of hydrogen-bond acceptors (Lipinski definition) is 4. The highest BCUT2D eigenvalue weighted by molar-refractivity contribution is 9.10. The summed E-state index contributed by atoms with van der Waals surface area (Å²) in [6, 6.07) is 32.1. The minimum atomic E-state index is -0.146. The molecule has 234 valence electrons. The van der Waals surface area contributed by atoms with E-state index in [1.54, 1.807) is 24.7 Å². The summed E-state index contributed by atoms with van der Waals surface area (Å²) in [6.45, 7) is 6.00. The smallest absolute Gasteiger partial charge is 0.226 e. The summed E-state index contributed by atoms with van der Waals surface area (Å²) < 4.78 is 2.97. The molecule has 0 aliphatic heterocycles. The fourth-order valence-corrected chi connectivity index (χ4v) is 5.94. The van der Waals surface area contributed by atoms with Crippen LogP contribution in [-0.4, -0.2) is 38.1 Å². The van der Waals surface area contributed by atoms with Crippen LogP contribution in [0.15, 0.2) is 108 Å². The van der Waals surface area contributed by atoms with E-state index in [0.29, 0.717) is 30.3 Å². The lowest BCUT2D eigenvalue weighted by Crippen LogP contribution is -2.50. The molecule has 1 heterocycles. The van der Waals surface area contributed by atoms with Crippen LogP contribution < -0.4 is 10.6 Å². The lowest BCUT2D eigenvalue weighted by atomic mass is 9.97. The average molecular weight is 694 g/mol. The highest BCUT2D eigenvalue weighted by Gasteiger charge is 2.24. The van der Waals surface area contributed by atoms with Crippen LogP contribution in [0.1, 0.15) is 42.7 Å². The molecule has 1 aromatic heterocycles. The fourth-order valence-electron chi connectivity index (χ4n) is 5.42. The molecule has 0 fully saturated rings. The molecule has 7 nitrogen and oxygen atoms in total. The van der Waals surface area contributed by atoms with E-state index >= 15 is 0 Å². The maximum Gasteiger partial charge on any atom is 0.226 e. The zero-order valence-corrected chi connectivity index (χ0v) is 28.4. The number of imidazole rings is 1. The van der Waals surface area contributed by atoms with Gasteiger partial charge in [-0.05, 0) is 76.4 Å². The number of nitrogens with one attached hydrogen (secondary N) is 2. The van der Waals surface area contributed by atoms with E-state index in [4.69, 9.17) is 17.5 Å². The third-order valence-electron chi connectivity index (χ3n) is 8.29. The Hall–Kier alpha value is -4.52. The Bertz CT molecular complexity index is 1820. The van der Waals surface area contributed by atoms with Gasteiger partial charge in [0.25, 0.3) is 0 Å². The predicted molar refractivity (Wildman–Crippen MR) is 192 cm³/mol. The van der Waals surface area contributed by atoms with Gasteiger partial charge in [0.15, 0.2) is 5.11 Å². The second kappa shape index (κ2) is 15.7. The fraction of sp³-hybridized carbons (Fsp3) is 0.243. The van der Waals surface area contributed by atoms with Gasteiger partial charge in [0, 0.05) is 47.7 Å². The lowest BCUT2D eigenvalue weighted by Gasteiger charge is -2.33. The summed E-state index contributed by atoms with van der Waals surface area (Å²) in [5, 5.41) is 18.8. The largest absolute Gasteiger partial charge is 0.351 e. The summed E-state index contributed by atoms with van der Waals surface area (Å²) in [4.78, 5) is 20.1. The molecule has 0 saturated carbocycles. The molecule has 0 saturated heterocycles. The van der Waals surface area contributed by atoms with Crippen molar-refractivity contribution >= 4 is 55.6 Å². The van der Waals surface area contributed by atoms with Gasteiger partial charge >= 0.3 is 0 Å². The number of amides is 1. The molecule has 2 atom stereocenters. The molecule has 5 aromatic rings. The Kier molecular flexibility index (Phi) is 11.2. The summed E-state index contributed by atoms with van der Waals surface area (Å²) in [5.74, 6) is 0.141. The van der Waals surface area contributed by atoms with Crippen molar-refractivity contribution in [3.8, 4) is 6.07 Å². The van der Waals surface area contributed by atoms with Crippen molar-refractivity contribution in [2.24, 2.45) is 5.92 Å². The molecule has 1 amide bonds. The van der Waals surface area contributed by atoms with Gasteiger partial charge < -0.3 is 20.1 Å².